The molecule has 2 aliphatic rings. The van der Waals surface area contributed by atoms with Gasteiger partial charge in [0.25, 0.3) is 11.6 Å². The molecule has 2 aromatic rings. The van der Waals surface area contributed by atoms with E-state index in [9.17, 15) is 14.9 Å². The van der Waals surface area contributed by atoms with Crippen molar-refractivity contribution in [3.63, 3.8) is 0 Å². The van der Waals surface area contributed by atoms with Crippen LogP contribution in [0.15, 0.2) is 42.5 Å². The number of fused-ring (bicyclic) bond motifs is 1. The molecule has 26 heavy (non-hydrogen) atoms. The lowest BCUT2D eigenvalue weighted by Crippen LogP contribution is -2.32. The minimum atomic E-state index is -0.453. The molecule has 7 nitrogen and oxygen atoms in total. The average Bonchev–Trinajstić information content (AvgIpc) is 3.46. The van der Waals surface area contributed by atoms with Gasteiger partial charge in [-0.1, -0.05) is 18.2 Å². The highest BCUT2D eigenvalue weighted by molar-refractivity contribution is 5.96. The van der Waals surface area contributed by atoms with Gasteiger partial charge in [-0.3, -0.25) is 14.9 Å². The number of anilines is 1. The number of carbonyl (C=O) groups excluding carboxylic acids is 1. The molecule has 1 saturated carbocycles. The van der Waals surface area contributed by atoms with Crippen LogP contribution < -0.4 is 15.4 Å². The van der Waals surface area contributed by atoms with Crippen LogP contribution in [0.2, 0.25) is 0 Å². The summed E-state index contributed by atoms with van der Waals surface area (Å²) in [5.41, 5.74) is 1.60. The van der Waals surface area contributed by atoms with E-state index in [-0.39, 0.29) is 23.2 Å². The lowest BCUT2D eigenvalue weighted by atomic mass is 10.00. The Balaban J connectivity index is 1.55. The molecule has 4 rings (SSSR count). The Morgan fingerprint density at radius 1 is 1.15 bits per heavy atom. The van der Waals surface area contributed by atoms with Gasteiger partial charge >= 0.3 is 0 Å². The zero-order valence-electron chi connectivity index (χ0n) is 14.1. The van der Waals surface area contributed by atoms with E-state index in [4.69, 9.17) is 4.74 Å². The van der Waals surface area contributed by atoms with E-state index in [1.54, 1.807) is 12.1 Å². The van der Waals surface area contributed by atoms with Crippen LogP contribution in [0.1, 0.15) is 41.2 Å². The van der Waals surface area contributed by atoms with Crippen molar-refractivity contribution in [2.24, 2.45) is 0 Å². The van der Waals surface area contributed by atoms with Crippen molar-refractivity contribution in [1.29, 1.82) is 0 Å². The first kappa shape index (κ1) is 16.4. The monoisotopic (exact) mass is 353 g/mol. The topological polar surface area (TPSA) is 93.5 Å². The first-order valence-electron chi connectivity index (χ1n) is 8.69. The van der Waals surface area contributed by atoms with Crippen LogP contribution in [0, 0.1) is 10.1 Å². The van der Waals surface area contributed by atoms with Crippen molar-refractivity contribution in [3.05, 3.63) is 63.7 Å². The van der Waals surface area contributed by atoms with E-state index in [0.29, 0.717) is 24.8 Å². The van der Waals surface area contributed by atoms with Crippen LogP contribution in [0.4, 0.5) is 11.4 Å². The van der Waals surface area contributed by atoms with E-state index in [0.717, 1.165) is 24.2 Å². The van der Waals surface area contributed by atoms with Gasteiger partial charge in [0, 0.05) is 29.7 Å². The van der Waals surface area contributed by atoms with E-state index < -0.39 is 4.92 Å². The summed E-state index contributed by atoms with van der Waals surface area (Å²) in [6.07, 6.45) is 2.69. The maximum absolute atomic E-state index is 12.6. The molecule has 1 aliphatic heterocycles. The molecular formula is C19H19N3O4. The van der Waals surface area contributed by atoms with Crippen molar-refractivity contribution in [1.82, 2.24) is 5.32 Å². The van der Waals surface area contributed by atoms with E-state index >= 15 is 0 Å². The van der Waals surface area contributed by atoms with Crippen LogP contribution in [0.5, 0.6) is 5.75 Å². The van der Waals surface area contributed by atoms with Gasteiger partial charge in [-0.25, -0.2) is 0 Å². The smallest absolute Gasteiger partial charge is 0.293 e. The van der Waals surface area contributed by atoms with Crippen molar-refractivity contribution >= 4 is 17.3 Å². The fourth-order valence-corrected chi connectivity index (χ4v) is 3.13. The number of nitro groups is 1. The van der Waals surface area contributed by atoms with Gasteiger partial charge in [-0.05, 0) is 31.0 Å². The number of nitro benzene ring substituents is 1. The molecule has 2 N–H and O–H groups in total. The maximum atomic E-state index is 12.6. The molecule has 0 spiro atoms. The fourth-order valence-electron chi connectivity index (χ4n) is 3.13. The number of hydrogen-bond donors (Lipinski definition) is 2. The molecule has 0 unspecified atom stereocenters. The quantitative estimate of drug-likeness (QED) is 0.634. The number of para-hydroxylation sites is 1. The number of carbonyl (C=O) groups is 1. The van der Waals surface area contributed by atoms with Crippen LogP contribution in [0.25, 0.3) is 0 Å². The average molecular weight is 353 g/mol. The SMILES string of the molecule is O=C(N[C@@H]1CCOc2ccccc21)c1ccc(NC2CC2)c([N+](=O)[O-])c1. The number of ether oxygens (including phenoxy) is 1. The Bertz CT molecular complexity index is 864. The van der Waals surface area contributed by atoms with Gasteiger partial charge in [0.15, 0.2) is 0 Å². The lowest BCUT2D eigenvalue weighted by molar-refractivity contribution is -0.384. The Kier molecular flexibility index (Phi) is 4.20. The highest BCUT2D eigenvalue weighted by Gasteiger charge is 2.27. The predicted octanol–water partition coefficient (Wildman–Crippen LogP) is 3.42. The third-order valence-electron chi connectivity index (χ3n) is 4.66. The maximum Gasteiger partial charge on any atom is 0.293 e. The van der Waals surface area contributed by atoms with Crippen LogP contribution in [-0.4, -0.2) is 23.5 Å². The Hall–Kier alpha value is -3.09. The standard InChI is InChI=1S/C19H19N3O4/c23-19(21-15-9-10-26-18-4-2-1-3-14(15)18)12-5-8-16(20-13-6-7-13)17(11-12)22(24)25/h1-5,8,11,13,15,20H,6-7,9-10H2,(H,21,23)/t15-/m1/s1. The molecule has 1 atom stereocenters. The summed E-state index contributed by atoms with van der Waals surface area (Å²) in [6, 6.07) is 12.3. The molecule has 0 saturated heterocycles. The van der Waals surface area contributed by atoms with E-state index in [1.165, 1.54) is 6.07 Å². The van der Waals surface area contributed by atoms with Gasteiger partial charge in [0.2, 0.25) is 0 Å². The lowest BCUT2D eigenvalue weighted by Gasteiger charge is -2.26. The molecule has 0 bridgehead atoms. The second kappa shape index (κ2) is 6.67. The Morgan fingerprint density at radius 2 is 1.96 bits per heavy atom. The van der Waals surface area contributed by atoms with E-state index in [1.807, 2.05) is 24.3 Å². The second-order valence-corrected chi connectivity index (χ2v) is 6.61. The zero-order valence-corrected chi connectivity index (χ0v) is 14.1. The third-order valence-corrected chi connectivity index (χ3v) is 4.66. The molecule has 0 aromatic heterocycles. The molecule has 1 heterocycles. The summed E-state index contributed by atoms with van der Waals surface area (Å²) in [4.78, 5) is 23.6. The van der Waals surface area contributed by atoms with Crippen LogP contribution >= 0.6 is 0 Å². The van der Waals surface area contributed by atoms with Crippen LogP contribution in [-0.2, 0) is 0 Å². The van der Waals surface area contributed by atoms with Crippen molar-refractivity contribution in [3.8, 4) is 5.75 Å². The highest BCUT2D eigenvalue weighted by atomic mass is 16.6. The number of amides is 1. The Morgan fingerprint density at radius 3 is 2.73 bits per heavy atom. The van der Waals surface area contributed by atoms with Gasteiger partial charge < -0.3 is 15.4 Å². The van der Waals surface area contributed by atoms with E-state index in [2.05, 4.69) is 10.6 Å². The minimum absolute atomic E-state index is 0.0723. The molecular weight excluding hydrogens is 334 g/mol. The number of nitrogens with one attached hydrogen (secondary N) is 2. The molecule has 7 heteroatoms. The van der Waals surface area contributed by atoms with Gasteiger partial charge in [-0.2, -0.15) is 0 Å². The first-order valence-corrected chi connectivity index (χ1v) is 8.69. The van der Waals surface area contributed by atoms with Gasteiger partial charge in [0.05, 0.1) is 17.6 Å². The fraction of sp³-hybridized carbons (Fsp3) is 0.316. The first-order chi connectivity index (χ1) is 12.6. The summed E-state index contributed by atoms with van der Waals surface area (Å²) >= 11 is 0. The normalized spacial score (nSPS) is 18.4. The number of hydrogen-bond acceptors (Lipinski definition) is 5. The van der Waals surface area contributed by atoms with Crippen molar-refractivity contribution < 1.29 is 14.5 Å². The third kappa shape index (κ3) is 3.33. The van der Waals surface area contributed by atoms with Crippen molar-refractivity contribution in [2.75, 3.05) is 11.9 Å². The number of benzene rings is 2. The number of nitrogens with zero attached hydrogens (tertiary/aromatic N) is 1. The van der Waals surface area contributed by atoms with Crippen LogP contribution in [0.3, 0.4) is 0 Å². The molecule has 1 fully saturated rings. The van der Waals surface area contributed by atoms with Crippen molar-refractivity contribution in [2.45, 2.75) is 31.3 Å². The molecule has 0 radical (unpaired) electrons. The largest absolute Gasteiger partial charge is 0.493 e. The molecule has 1 aliphatic carbocycles. The van der Waals surface area contributed by atoms with Gasteiger partial charge in [0.1, 0.15) is 11.4 Å². The summed E-state index contributed by atoms with van der Waals surface area (Å²) in [6.45, 7) is 0.520. The predicted molar refractivity (Wildman–Crippen MR) is 96.5 cm³/mol. The second-order valence-electron chi connectivity index (χ2n) is 6.61. The number of rotatable bonds is 5. The zero-order chi connectivity index (χ0) is 18.1. The summed E-state index contributed by atoms with van der Waals surface area (Å²) in [7, 11) is 0. The molecule has 134 valence electrons. The molecule has 1 amide bonds. The summed E-state index contributed by atoms with van der Waals surface area (Å²) < 4.78 is 5.60. The minimum Gasteiger partial charge on any atom is -0.493 e. The summed E-state index contributed by atoms with van der Waals surface area (Å²) in [5, 5.41) is 17.5. The summed E-state index contributed by atoms with van der Waals surface area (Å²) in [5.74, 6) is 0.437. The Labute approximate surface area is 150 Å². The highest BCUT2D eigenvalue weighted by Crippen LogP contribution is 2.33. The van der Waals surface area contributed by atoms with Gasteiger partial charge in [-0.15, -0.1) is 0 Å². The molecule has 2 aromatic carbocycles.